The molecule has 1 aliphatic heterocycles. The molecule has 0 bridgehead atoms. The van der Waals surface area contributed by atoms with Crippen molar-refractivity contribution in [2.24, 2.45) is 0 Å². The largest absolute Gasteiger partial charge is 0.493 e. The Bertz CT molecular complexity index is 1160. The summed E-state index contributed by atoms with van der Waals surface area (Å²) in [7, 11) is 3.16. The molecule has 0 aromatic heterocycles. The molecule has 1 atom stereocenters. The van der Waals surface area contributed by atoms with Gasteiger partial charge in [0.1, 0.15) is 4.32 Å². The van der Waals surface area contributed by atoms with Crippen molar-refractivity contribution in [3.05, 3.63) is 52.4 Å². The summed E-state index contributed by atoms with van der Waals surface area (Å²) in [4.78, 5) is 26.5. The Morgan fingerprint density at radius 1 is 1.08 bits per heavy atom. The van der Waals surface area contributed by atoms with E-state index in [9.17, 15) is 14.7 Å². The number of nitrogens with zero attached hydrogens (tertiary/aromatic N) is 1. The molecule has 1 fully saturated rings. The zero-order chi connectivity index (χ0) is 26.2. The van der Waals surface area contributed by atoms with Crippen molar-refractivity contribution >= 4 is 46.3 Å². The summed E-state index contributed by atoms with van der Waals surface area (Å²) in [6, 6.07) is 10.8. The van der Waals surface area contributed by atoms with Crippen LogP contribution in [0.3, 0.4) is 0 Å². The van der Waals surface area contributed by atoms with Crippen LogP contribution in [-0.2, 0) is 16.0 Å². The van der Waals surface area contributed by atoms with Crippen molar-refractivity contribution < 1.29 is 33.6 Å². The lowest BCUT2D eigenvalue weighted by Crippen LogP contribution is -2.30. The molecule has 1 heterocycles. The third kappa shape index (κ3) is 6.50. The van der Waals surface area contributed by atoms with Gasteiger partial charge in [0.2, 0.25) is 0 Å². The summed E-state index contributed by atoms with van der Waals surface area (Å²) < 4.78 is 22.4. The first-order chi connectivity index (χ1) is 17.3. The van der Waals surface area contributed by atoms with Crippen LogP contribution in [0.1, 0.15) is 31.4 Å². The predicted molar refractivity (Wildman–Crippen MR) is 143 cm³/mol. The van der Waals surface area contributed by atoms with Crippen LogP contribution in [0.2, 0.25) is 0 Å². The highest BCUT2D eigenvalue weighted by Crippen LogP contribution is 2.36. The molecule has 1 saturated heterocycles. The van der Waals surface area contributed by atoms with Crippen LogP contribution in [0.25, 0.3) is 6.08 Å². The van der Waals surface area contributed by atoms with Crippen LogP contribution in [0.4, 0.5) is 0 Å². The molecule has 1 aliphatic rings. The molecule has 1 amide bonds. The lowest BCUT2D eigenvalue weighted by molar-refractivity contribution is -0.145. The Hall–Kier alpha value is -3.24. The van der Waals surface area contributed by atoms with Crippen LogP contribution in [0, 0.1) is 0 Å². The molecule has 2 aromatic rings. The van der Waals surface area contributed by atoms with Crippen molar-refractivity contribution in [3.8, 4) is 23.0 Å². The molecule has 0 saturated carbocycles. The van der Waals surface area contributed by atoms with E-state index in [1.54, 1.807) is 50.3 Å². The Morgan fingerprint density at radius 2 is 1.81 bits per heavy atom. The quantitative estimate of drug-likeness (QED) is 0.306. The van der Waals surface area contributed by atoms with E-state index in [1.165, 1.54) is 11.8 Å². The zero-order valence-electron chi connectivity index (χ0n) is 20.6. The molecule has 0 spiro atoms. The van der Waals surface area contributed by atoms with Crippen LogP contribution >= 0.6 is 24.0 Å². The second-order valence-corrected chi connectivity index (χ2v) is 9.44. The standard InChI is InChI=1S/C26H29NO7S2/c1-5-18(25(29)30)34-20-10-8-17(14-22(20)33-6-2)15-23-24(28)27(26(35)36-23)12-11-16-7-9-19(31-3)21(13-16)32-4/h7-10,13-15,18H,5-6,11-12H2,1-4H3,(H,29,30)/b23-15+. The molecule has 1 N–H and O–H groups in total. The van der Waals surface area contributed by atoms with Gasteiger partial charge in [-0.1, -0.05) is 43.0 Å². The summed E-state index contributed by atoms with van der Waals surface area (Å²) >= 11 is 6.71. The maximum absolute atomic E-state index is 13.1. The van der Waals surface area contributed by atoms with Gasteiger partial charge in [-0.3, -0.25) is 9.69 Å². The van der Waals surface area contributed by atoms with Gasteiger partial charge in [-0.25, -0.2) is 4.79 Å². The van der Waals surface area contributed by atoms with Gasteiger partial charge in [0.15, 0.2) is 29.1 Å². The number of amides is 1. The Kier molecular flexibility index (Phi) is 9.60. The molecule has 2 aromatic carbocycles. The normalized spacial score (nSPS) is 15.2. The maximum atomic E-state index is 13.1. The second-order valence-electron chi connectivity index (χ2n) is 7.76. The highest BCUT2D eigenvalue weighted by molar-refractivity contribution is 8.26. The number of rotatable bonds is 12. The first-order valence-electron chi connectivity index (χ1n) is 11.4. The topological polar surface area (TPSA) is 94.5 Å². The van der Waals surface area contributed by atoms with E-state index in [0.717, 1.165) is 11.1 Å². The van der Waals surface area contributed by atoms with E-state index in [-0.39, 0.29) is 5.91 Å². The number of carboxylic acid groups (broad SMARTS) is 1. The molecule has 192 valence electrons. The van der Waals surface area contributed by atoms with Gasteiger partial charge in [-0.2, -0.15) is 0 Å². The van der Waals surface area contributed by atoms with Gasteiger partial charge in [0, 0.05) is 6.54 Å². The summed E-state index contributed by atoms with van der Waals surface area (Å²) in [5.41, 5.74) is 1.71. The lowest BCUT2D eigenvalue weighted by Gasteiger charge is -2.17. The molecule has 3 rings (SSSR count). The van der Waals surface area contributed by atoms with Crippen LogP contribution in [-0.4, -0.2) is 59.7 Å². The summed E-state index contributed by atoms with van der Waals surface area (Å²) in [5.74, 6) is 0.819. The van der Waals surface area contributed by atoms with Crippen molar-refractivity contribution in [3.63, 3.8) is 0 Å². The fourth-order valence-electron chi connectivity index (χ4n) is 3.56. The fourth-order valence-corrected chi connectivity index (χ4v) is 4.87. The van der Waals surface area contributed by atoms with Gasteiger partial charge in [-0.15, -0.1) is 0 Å². The van der Waals surface area contributed by atoms with Crippen molar-refractivity contribution in [1.82, 2.24) is 4.90 Å². The molecule has 0 aliphatic carbocycles. The average Bonchev–Trinajstić information content (AvgIpc) is 3.13. The molecule has 36 heavy (non-hydrogen) atoms. The number of carbonyl (C=O) groups is 2. The Balaban J connectivity index is 1.75. The molecular weight excluding hydrogens is 502 g/mol. The third-order valence-corrected chi connectivity index (χ3v) is 6.80. The van der Waals surface area contributed by atoms with E-state index in [4.69, 9.17) is 31.2 Å². The SMILES string of the molecule is CCOc1cc(/C=C2/SC(=S)N(CCc3ccc(OC)c(OC)c3)C2=O)ccc1OC(CC)C(=O)O. The monoisotopic (exact) mass is 531 g/mol. The zero-order valence-corrected chi connectivity index (χ0v) is 22.2. The number of hydrogen-bond donors (Lipinski definition) is 1. The highest BCUT2D eigenvalue weighted by Gasteiger charge is 2.31. The fraction of sp³-hybridized carbons (Fsp3) is 0.346. The van der Waals surface area contributed by atoms with Crippen molar-refractivity contribution in [2.75, 3.05) is 27.4 Å². The van der Waals surface area contributed by atoms with Gasteiger partial charge in [0.05, 0.1) is 25.7 Å². The van der Waals surface area contributed by atoms with Crippen LogP contribution < -0.4 is 18.9 Å². The first kappa shape index (κ1) is 27.3. The Labute approximate surface area is 220 Å². The number of methoxy groups -OCH3 is 2. The third-order valence-electron chi connectivity index (χ3n) is 5.43. The summed E-state index contributed by atoms with van der Waals surface area (Å²) in [5, 5.41) is 9.30. The van der Waals surface area contributed by atoms with E-state index in [0.29, 0.717) is 58.2 Å². The van der Waals surface area contributed by atoms with Gasteiger partial charge < -0.3 is 24.1 Å². The number of hydrogen-bond acceptors (Lipinski definition) is 8. The molecular formula is C26H29NO7S2. The number of aliphatic carboxylic acids is 1. The van der Waals surface area contributed by atoms with Gasteiger partial charge in [0.25, 0.3) is 5.91 Å². The number of carbonyl (C=O) groups excluding carboxylic acids is 1. The summed E-state index contributed by atoms with van der Waals surface area (Å²) in [6.45, 7) is 4.37. The minimum atomic E-state index is -1.04. The smallest absolute Gasteiger partial charge is 0.344 e. The predicted octanol–water partition coefficient (Wildman–Crippen LogP) is 4.79. The first-order valence-corrected chi connectivity index (χ1v) is 12.7. The number of carboxylic acids is 1. The van der Waals surface area contributed by atoms with Gasteiger partial charge in [-0.05, 0) is 61.2 Å². The van der Waals surface area contributed by atoms with Crippen LogP contribution in [0.5, 0.6) is 23.0 Å². The molecule has 0 radical (unpaired) electrons. The number of ether oxygens (including phenoxy) is 4. The van der Waals surface area contributed by atoms with Crippen molar-refractivity contribution in [2.45, 2.75) is 32.8 Å². The second kappa shape index (κ2) is 12.6. The van der Waals surface area contributed by atoms with Crippen molar-refractivity contribution in [1.29, 1.82) is 0 Å². The average molecular weight is 532 g/mol. The lowest BCUT2D eigenvalue weighted by atomic mass is 10.1. The van der Waals surface area contributed by atoms with Gasteiger partial charge >= 0.3 is 5.97 Å². The molecule has 8 nitrogen and oxygen atoms in total. The number of thiocarbonyl (C=S) groups is 1. The maximum Gasteiger partial charge on any atom is 0.344 e. The Morgan fingerprint density at radius 3 is 2.44 bits per heavy atom. The number of thioether (sulfide) groups is 1. The number of benzene rings is 2. The summed E-state index contributed by atoms with van der Waals surface area (Å²) in [6.07, 6.45) is 1.69. The molecule has 10 heteroatoms. The van der Waals surface area contributed by atoms with Crippen LogP contribution in [0.15, 0.2) is 41.3 Å². The van der Waals surface area contributed by atoms with E-state index < -0.39 is 12.1 Å². The molecule has 1 unspecified atom stereocenters. The van der Waals surface area contributed by atoms with E-state index in [2.05, 4.69) is 0 Å². The van der Waals surface area contributed by atoms with E-state index in [1.807, 2.05) is 25.1 Å². The highest BCUT2D eigenvalue weighted by atomic mass is 32.2. The van der Waals surface area contributed by atoms with E-state index >= 15 is 0 Å². The minimum absolute atomic E-state index is 0.166. The minimum Gasteiger partial charge on any atom is -0.493 e.